The maximum absolute atomic E-state index is 12.6. The highest BCUT2D eigenvalue weighted by atomic mass is 19.1. The van der Waals surface area contributed by atoms with Crippen LogP contribution in [0.5, 0.6) is 0 Å². The van der Waals surface area contributed by atoms with Gasteiger partial charge in [-0.05, 0) is 41.5 Å². The molecule has 0 bridgehead atoms. The first kappa shape index (κ1) is 15.0. The lowest BCUT2D eigenvalue weighted by atomic mass is 9.83. The van der Waals surface area contributed by atoms with E-state index in [0.29, 0.717) is 11.8 Å². The van der Waals surface area contributed by atoms with E-state index in [4.69, 9.17) is 0 Å². The quantitative estimate of drug-likeness (QED) is 0.666. The van der Waals surface area contributed by atoms with Crippen molar-refractivity contribution in [1.29, 1.82) is 0 Å². The van der Waals surface area contributed by atoms with Crippen LogP contribution in [0.25, 0.3) is 0 Å². The van der Waals surface area contributed by atoms with Gasteiger partial charge >= 0.3 is 0 Å². The highest BCUT2D eigenvalue weighted by Crippen LogP contribution is 2.39. The van der Waals surface area contributed by atoms with Crippen LogP contribution in [0.15, 0.2) is 70.9 Å². The number of hydrogen-bond acceptors (Lipinski definition) is 0. The molecule has 2 aliphatic carbocycles. The molecule has 0 aromatic heterocycles. The van der Waals surface area contributed by atoms with Crippen LogP contribution in [-0.4, -0.2) is 0 Å². The molecule has 0 radical (unpaired) electrons. The summed E-state index contributed by atoms with van der Waals surface area (Å²) in [6.07, 6.45) is 10.3. The van der Waals surface area contributed by atoms with Gasteiger partial charge in [-0.15, -0.1) is 0 Å². The van der Waals surface area contributed by atoms with Gasteiger partial charge in [0.05, 0.1) is 0 Å². The van der Waals surface area contributed by atoms with Gasteiger partial charge in [-0.25, -0.2) is 4.39 Å². The Kier molecular flexibility index (Phi) is 4.15. The lowest BCUT2D eigenvalue weighted by Gasteiger charge is -2.21. The van der Waals surface area contributed by atoms with Crippen molar-refractivity contribution in [1.82, 2.24) is 0 Å². The Balaban J connectivity index is 1.86. The Hall–Kier alpha value is -1.89. The molecule has 0 saturated carbocycles. The predicted molar refractivity (Wildman–Crippen MR) is 91.3 cm³/mol. The molecular weight excluding hydrogens is 271 g/mol. The second-order valence-electron chi connectivity index (χ2n) is 6.68. The van der Waals surface area contributed by atoms with Crippen molar-refractivity contribution in [3.8, 4) is 0 Å². The molecule has 1 unspecified atom stereocenters. The number of rotatable bonds is 4. The van der Waals surface area contributed by atoms with E-state index >= 15 is 0 Å². The molecule has 0 N–H and O–H groups in total. The molecule has 1 atom stereocenters. The summed E-state index contributed by atoms with van der Waals surface area (Å²) in [6, 6.07) is 7.88. The molecule has 0 spiro atoms. The average molecular weight is 294 g/mol. The molecule has 1 aromatic carbocycles. The normalized spacial score (nSPS) is 20.3. The molecule has 1 heteroatoms. The SMILES string of the molecule is CC1=CC2=CC(C(C)C)=CC2C(Cc2ccc(CF)cc2)=C1. The zero-order valence-corrected chi connectivity index (χ0v) is 13.6. The van der Waals surface area contributed by atoms with Crippen molar-refractivity contribution in [2.24, 2.45) is 11.8 Å². The summed E-state index contributed by atoms with van der Waals surface area (Å²) in [4.78, 5) is 0. The Morgan fingerprint density at radius 3 is 2.32 bits per heavy atom. The van der Waals surface area contributed by atoms with E-state index in [-0.39, 0.29) is 6.67 Å². The zero-order chi connectivity index (χ0) is 15.7. The van der Waals surface area contributed by atoms with Crippen molar-refractivity contribution in [2.75, 3.05) is 0 Å². The van der Waals surface area contributed by atoms with Crippen molar-refractivity contribution in [3.05, 3.63) is 82.0 Å². The average Bonchev–Trinajstić information content (AvgIpc) is 2.92. The third kappa shape index (κ3) is 2.99. The van der Waals surface area contributed by atoms with Crippen LogP contribution in [0.1, 0.15) is 31.9 Å². The lowest BCUT2D eigenvalue weighted by Crippen LogP contribution is -2.08. The Morgan fingerprint density at radius 2 is 1.68 bits per heavy atom. The van der Waals surface area contributed by atoms with Crippen LogP contribution < -0.4 is 0 Å². The van der Waals surface area contributed by atoms with Crippen LogP contribution in [0, 0.1) is 11.8 Å². The van der Waals surface area contributed by atoms with Crippen molar-refractivity contribution < 1.29 is 4.39 Å². The van der Waals surface area contributed by atoms with E-state index in [1.165, 1.54) is 27.9 Å². The summed E-state index contributed by atoms with van der Waals surface area (Å²) in [5.41, 5.74) is 7.61. The van der Waals surface area contributed by atoms with E-state index in [2.05, 4.69) is 57.2 Å². The first-order valence-corrected chi connectivity index (χ1v) is 8.02. The second kappa shape index (κ2) is 6.08. The molecule has 0 saturated heterocycles. The fourth-order valence-corrected chi connectivity index (χ4v) is 3.26. The molecule has 1 aromatic rings. The Bertz CT molecular complexity index is 681. The topological polar surface area (TPSA) is 0 Å². The number of alkyl halides is 1. The minimum Gasteiger partial charge on any atom is -0.246 e. The van der Waals surface area contributed by atoms with Gasteiger partial charge in [-0.1, -0.05) is 73.6 Å². The first-order chi connectivity index (χ1) is 10.6. The standard InChI is InChI=1S/C21H23F/c1-14(2)18-11-20-9-15(3)8-19(21(20)12-18)10-16-4-6-17(13-22)7-5-16/h4-9,11-12,14,21H,10,13H2,1-3H3. The van der Waals surface area contributed by atoms with Crippen LogP contribution in [0.4, 0.5) is 4.39 Å². The first-order valence-electron chi connectivity index (χ1n) is 8.02. The fraction of sp³-hybridized carbons (Fsp3) is 0.333. The van der Waals surface area contributed by atoms with Gasteiger partial charge in [0.1, 0.15) is 6.67 Å². The summed E-state index contributed by atoms with van der Waals surface area (Å²) in [7, 11) is 0. The van der Waals surface area contributed by atoms with E-state index in [0.717, 1.165) is 12.0 Å². The van der Waals surface area contributed by atoms with Gasteiger partial charge in [-0.3, -0.25) is 0 Å². The van der Waals surface area contributed by atoms with Crippen LogP contribution in [0.2, 0.25) is 0 Å². The van der Waals surface area contributed by atoms with Crippen LogP contribution in [-0.2, 0) is 13.1 Å². The van der Waals surface area contributed by atoms with E-state index in [9.17, 15) is 4.39 Å². The Morgan fingerprint density at radius 1 is 1.00 bits per heavy atom. The summed E-state index contributed by atoms with van der Waals surface area (Å²) in [5, 5.41) is 0. The minimum atomic E-state index is -0.388. The van der Waals surface area contributed by atoms with Gasteiger partial charge in [0, 0.05) is 5.92 Å². The molecule has 3 rings (SSSR count). The molecule has 0 amide bonds. The third-order valence-corrected chi connectivity index (χ3v) is 4.51. The van der Waals surface area contributed by atoms with Gasteiger partial charge in [0.15, 0.2) is 0 Å². The molecule has 0 nitrogen and oxygen atoms in total. The molecule has 22 heavy (non-hydrogen) atoms. The van der Waals surface area contributed by atoms with Crippen molar-refractivity contribution >= 4 is 0 Å². The summed E-state index contributed by atoms with van der Waals surface area (Å²) in [5.74, 6) is 0.985. The van der Waals surface area contributed by atoms with Crippen molar-refractivity contribution in [3.63, 3.8) is 0 Å². The molecule has 0 aliphatic heterocycles. The van der Waals surface area contributed by atoms with Gasteiger partial charge in [-0.2, -0.15) is 0 Å². The van der Waals surface area contributed by atoms with Crippen LogP contribution in [0.3, 0.4) is 0 Å². The highest BCUT2D eigenvalue weighted by Gasteiger charge is 2.25. The number of fused-ring (bicyclic) bond motifs is 1. The summed E-state index contributed by atoms with van der Waals surface area (Å²) >= 11 is 0. The lowest BCUT2D eigenvalue weighted by molar-refractivity contribution is 0.485. The molecule has 0 fully saturated rings. The highest BCUT2D eigenvalue weighted by molar-refractivity contribution is 5.54. The van der Waals surface area contributed by atoms with Gasteiger partial charge in [0.25, 0.3) is 0 Å². The van der Waals surface area contributed by atoms with Crippen molar-refractivity contribution in [2.45, 2.75) is 33.9 Å². The number of halogens is 1. The maximum atomic E-state index is 12.6. The Labute approximate surface area is 132 Å². The third-order valence-electron chi connectivity index (χ3n) is 4.51. The zero-order valence-electron chi connectivity index (χ0n) is 13.6. The largest absolute Gasteiger partial charge is 0.246 e. The summed E-state index contributed by atoms with van der Waals surface area (Å²) < 4.78 is 12.6. The van der Waals surface area contributed by atoms with Gasteiger partial charge < -0.3 is 0 Å². The van der Waals surface area contributed by atoms with E-state index in [1.807, 2.05) is 12.1 Å². The maximum Gasteiger partial charge on any atom is 0.115 e. The van der Waals surface area contributed by atoms with Gasteiger partial charge in [0.2, 0.25) is 0 Å². The number of allylic oxidation sites excluding steroid dienone is 8. The smallest absolute Gasteiger partial charge is 0.115 e. The van der Waals surface area contributed by atoms with Crippen LogP contribution >= 0.6 is 0 Å². The fourth-order valence-electron chi connectivity index (χ4n) is 3.26. The monoisotopic (exact) mass is 294 g/mol. The summed E-state index contributed by atoms with van der Waals surface area (Å²) in [6.45, 7) is 6.27. The van der Waals surface area contributed by atoms with E-state index in [1.54, 1.807) is 0 Å². The van der Waals surface area contributed by atoms with E-state index < -0.39 is 0 Å². The number of benzene rings is 1. The molecule has 0 heterocycles. The molecule has 114 valence electrons. The molecule has 2 aliphatic rings. The second-order valence-corrected chi connectivity index (χ2v) is 6.68. The number of hydrogen-bond donors (Lipinski definition) is 0. The minimum absolute atomic E-state index is 0.388. The molecular formula is C21H23F. The predicted octanol–water partition coefficient (Wildman–Crippen LogP) is 5.72.